The zero-order valence-corrected chi connectivity index (χ0v) is 9.16. The van der Waals surface area contributed by atoms with Crippen molar-refractivity contribution in [2.24, 2.45) is 0 Å². The second kappa shape index (κ2) is 3.11. The first-order chi connectivity index (χ1) is 7.28. The Morgan fingerprint density at radius 1 is 1.13 bits per heavy atom. The lowest BCUT2D eigenvalue weighted by molar-refractivity contribution is 0.398. The zero-order chi connectivity index (χ0) is 10.3. The minimum absolute atomic E-state index is 1.08. The average molecular weight is 201 g/mol. The van der Waals surface area contributed by atoms with Gasteiger partial charge in [0.25, 0.3) is 0 Å². The fourth-order valence-electron chi connectivity index (χ4n) is 2.62. The Labute approximate surface area is 90.1 Å². The molecule has 1 aromatic heterocycles. The molecule has 1 aliphatic heterocycles. The third-order valence-corrected chi connectivity index (χ3v) is 3.65. The van der Waals surface area contributed by atoms with E-state index in [2.05, 4.69) is 42.4 Å². The summed E-state index contributed by atoms with van der Waals surface area (Å²) in [6.07, 6.45) is 2.71. The van der Waals surface area contributed by atoms with Crippen LogP contribution in [0.3, 0.4) is 0 Å². The van der Waals surface area contributed by atoms with Gasteiger partial charge in [-0.2, -0.15) is 0 Å². The van der Waals surface area contributed by atoms with Gasteiger partial charge in [0, 0.05) is 24.3 Å². The van der Waals surface area contributed by atoms with Gasteiger partial charge >= 0.3 is 0 Å². The number of nitrogens with one attached hydrogen (secondary N) is 1. The van der Waals surface area contributed by atoms with Crippen LogP contribution in [0.4, 0.5) is 5.82 Å². The van der Waals surface area contributed by atoms with Crippen molar-refractivity contribution in [2.75, 3.05) is 20.1 Å². The molecule has 2 aromatic rings. The number of hydrogen-bond acceptors (Lipinski definition) is 0. The van der Waals surface area contributed by atoms with Crippen LogP contribution in [-0.4, -0.2) is 25.1 Å². The maximum absolute atomic E-state index is 3.55. The molecule has 0 aliphatic carbocycles. The molecule has 0 amide bonds. The molecule has 1 N–H and O–H groups in total. The number of nitrogens with zero attached hydrogens (tertiary/aromatic N) is 1. The topological polar surface area (TPSA) is 15.8 Å². The summed E-state index contributed by atoms with van der Waals surface area (Å²) >= 11 is 0. The number of aromatic amines is 1. The van der Waals surface area contributed by atoms with Crippen molar-refractivity contribution in [3.05, 3.63) is 30.3 Å². The van der Waals surface area contributed by atoms with Gasteiger partial charge in [0.05, 0.1) is 25.7 Å². The van der Waals surface area contributed by atoms with Crippen molar-refractivity contribution in [3.8, 4) is 0 Å². The van der Waals surface area contributed by atoms with Crippen LogP contribution < -0.4 is 4.48 Å². The summed E-state index contributed by atoms with van der Waals surface area (Å²) in [6, 6.07) is 10.8. The molecule has 1 aromatic carbocycles. The molecule has 3 rings (SSSR count). The molecule has 2 heterocycles. The highest BCUT2D eigenvalue weighted by Crippen LogP contribution is 2.29. The first-order valence-electron chi connectivity index (χ1n) is 5.71. The molecule has 0 spiro atoms. The number of quaternary nitrogens is 1. The van der Waals surface area contributed by atoms with Crippen LogP contribution in [0, 0.1) is 0 Å². The summed E-state index contributed by atoms with van der Waals surface area (Å²) in [5, 5.41) is 1.33. The van der Waals surface area contributed by atoms with E-state index in [4.69, 9.17) is 0 Å². The van der Waals surface area contributed by atoms with Gasteiger partial charge in [-0.05, 0) is 6.07 Å². The number of benzene rings is 1. The highest BCUT2D eigenvalue weighted by Gasteiger charge is 2.30. The maximum atomic E-state index is 3.55. The fraction of sp³-hybridized carbons (Fsp3) is 0.385. The third-order valence-electron chi connectivity index (χ3n) is 3.65. The highest BCUT2D eigenvalue weighted by atomic mass is 15.4. The Morgan fingerprint density at radius 3 is 2.60 bits per heavy atom. The molecule has 2 nitrogen and oxygen atoms in total. The molecule has 78 valence electrons. The summed E-state index contributed by atoms with van der Waals surface area (Å²) in [5.41, 5.74) is 1.26. The van der Waals surface area contributed by atoms with Gasteiger partial charge in [-0.3, -0.25) is 4.48 Å². The van der Waals surface area contributed by atoms with Gasteiger partial charge in [-0.1, -0.05) is 18.2 Å². The van der Waals surface area contributed by atoms with Crippen LogP contribution in [0.5, 0.6) is 0 Å². The monoisotopic (exact) mass is 201 g/mol. The normalized spacial score (nSPS) is 19.8. The van der Waals surface area contributed by atoms with Gasteiger partial charge < -0.3 is 4.98 Å². The first-order valence-corrected chi connectivity index (χ1v) is 5.71. The maximum Gasteiger partial charge on any atom is 0.206 e. The van der Waals surface area contributed by atoms with E-state index >= 15 is 0 Å². The van der Waals surface area contributed by atoms with E-state index in [0.717, 1.165) is 4.48 Å². The Balaban J connectivity index is 2.11. The van der Waals surface area contributed by atoms with Gasteiger partial charge in [0.2, 0.25) is 5.82 Å². The number of aromatic nitrogens is 1. The number of para-hydroxylation sites is 1. The highest BCUT2D eigenvalue weighted by molar-refractivity contribution is 5.83. The number of rotatable bonds is 1. The summed E-state index contributed by atoms with van der Waals surface area (Å²) in [5.74, 6) is 1.37. The first kappa shape index (κ1) is 8.98. The van der Waals surface area contributed by atoms with Crippen LogP contribution in [0.2, 0.25) is 0 Å². The van der Waals surface area contributed by atoms with E-state index in [1.54, 1.807) is 0 Å². The number of fused-ring (bicyclic) bond motifs is 1. The van der Waals surface area contributed by atoms with Gasteiger partial charge in [-0.15, -0.1) is 0 Å². The smallest absolute Gasteiger partial charge is 0.206 e. The Hall–Kier alpha value is -1.28. The van der Waals surface area contributed by atoms with E-state index in [9.17, 15) is 0 Å². The predicted molar refractivity (Wildman–Crippen MR) is 65.0 cm³/mol. The Morgan fingerprint density at radius 2 is 1.87 bits per heavy atom. The predicted octanol–water partition coefficient (Wildman–Crippen LogP) is 2.90. The van der Waals surface area contributed by atoms with E-state index in [1.165, 1.54) is 42.7 Å². The van der Waals surface area contributed by atoms with Crippen LogP contribution in [0.15, 0.2) is 30.3 Å². The second-order valence-electron chi connectivity index (χ2n) is 4.79. The van der Waals surface area contributed by atoms with Crippen LogP contribution in [-0.2, 0) is 0 Å². The minimum atomic E-state index is 1.08. The third kappa shape index (κ3) is 1.37. The lowest BCUT2D eigenvalue weighted by Crippen LogP contribution is -2.41. The van der Waals surface area contributed by atoms with Crippen LogP contribution >= 0.6 is 0 Å². The molecular weight excluding hydrogens is 184 g/mol. The van der Waals surface area contributed by atoms with Crippen molar-refractivity contribution < 1.29 is 0 Å². The SMILES string of the molecule is C[N+]1(c2cc3ccccc3[nH]2)CCCC1. The van der Waals surface area contributed by atoms with Crippen molar-refractivity contribution in [1.82, 2.24) is 9.47 Å². The Kier molecular flexibility index (Phi) is 1.86. The van der Waals surface area contributed by atoms with Crippen LogP contribution in [0.25, 0.3) is 10.9 Å². The Bertz CT molecular complexity index is 445. The summed E-state index contributed by atoms with van der Waals surface area (Å²) in [4.78, 5) is 3.55. The molecule has 0 saturated carbocycles. The fourth-order valence-corrected chi connectivity index (χ4v) is 2.62. The molecule has 0 bridgehead atoms. The lowest BCUT2D eigenvalue weighted by Gasteiger charge is -2.26. The molecule has 2 heteroatoms. The number of H-pyrrole nitrogens is 1. The summed E-state index contributed by atoms with van der Waals surface area (Å²) < 4.78 is 1.08. The molecular formula is C13H17N2+. The van der Waals surface area contributed by atoms with E-state index < -0.39 is 0 Å². The second-order valence-corrected chi connectivity index (χ2v) is 4.79. The van der Waals surface area contributed by atoms with Crippen LogP contribution in [0.1, 0.15) is 12.8 Å². The minimum Gasteiger partial charge on any atom is -0.311 e. The van der Waals surface area contributed by atoms with E-state index in [1.807, 2.05) is 0 Å². The molecule has 1 saturated heterocycles. The molecule has 1 fully saturated rings. The quantitative estimate of drug-likeness (QED) is 0.683. The van der Waals surface area contributed by atoms with E-state index in [0.29, 0.717) is 0 Å². The molecule has 0 unspecified atom stereocenters. The summed E-state index contributed by atoms with van der Waals surface area (Å²) in [7, 11) is 2.33. The van der Waals surface area contributed by atoms with E-state index in [-0.39, 0.29) is 0 Å². The molecule has 0 atom stereocenters. The summed E-state index contributed by atoms with van der Waals surface area (Å²) in [6.45, 7) is 2.54. The number of hydrogen-bond donors (Lipinski definition) is 1. The molecule has 1 aliphatic rings. The lowest BCUT2D eigenvalue weighted by atomic mass is 10.2. The van der Waals surface area contributed by atoms with Gasteiger partial charge in [0.1, 0.15) is 0 Å². The van der Waals surface area contributed by atoms with Crippen molar-refractivity contribution in [3.63, 3.8) is 0 Å². The number of likely N-dealkylation sites (tertiary alicyclic amines) is 1. The molecule has 15 heavy (non-hydrogen) atoms. The van der Waals surface area contributed by atoms with Crippen molar-refractivity contribution in [2.45, 2.75) is 12.8 Å². The average Bonchev–Trinajstić information content (AvgIpc) is 2.84. The standard InChI is InChI=1S/C13H17N2/c1-15(8-4-5-9-15)13-10-11-6-2-3-7-12(11)14-13/h2-3,6-7,10,14H,4-5,8-9H2,1H3/q+1. The largest absolute Gasteiger partial charge is 0.311 e. The zero-order valence-electron chi connectivity index (χ0n) is 9.16. The van der Waals surface area contributed by atoms with Gasteiger partial charge in [0.15, 0.2) is 0 Å². The van der Waals surface area contributed by atoms with Gasteiger partial charge in [-0.25, -0.2) is 0 Å². The molecule has 0 radical (unpaired) electrons. The van der Waals surface area contributed by atoms with Crippen molar-refractivity contribution >= 4 is 16.7 Å². The van der Waals surface area contributed by atoms with Crippen molar-refractivity contribution in [1.29, 1.82) is 0 Å².